The number of hydrogen-bond donors (Lipinski definition) is 2. The van der Waals surface area contributed by atoms with Crippen molar-refractivity contribution in [3.63, 3.8) is 0 Å². The van der Waals surface area contributed by atoms with Gasteiger partial charge in [-0.25, -0.2) is 4.79 Å². The summed E-state index contributed by atoms with van der Waals surface area (Å²) in [5.74, 6) is 0.0544. The van der Waals surface area contributed by atoms with Gasteiger partial charge in [-0.2, -0.15) is 0 Å². The molecule has 0 aliphatic heterocycles. The lowest BCUT2D eigenvalue weighted by Crippen LogP contribution is -2.07. The summed E-state index contributed by atoms with van der Waals surface area (Å²) < 4.78 is 5.27. The third-order valence-electron chi connectivity index (χ3n) is 3.23. The van der Waals surface area contributed by atoms with Crippen molar-refractivity contribution in [2.45, 2.75) is 26.4 Å². The fourth-order valence-electron chi connectivity index (χ4n) is 2.03. The molecular weight excluding hydrogens is 264 g/mol. The van der Waals surface area contributed by atoms with Crippen LogP contribution in [0.25, 0.3) is 0 Å². The van der Waals surface area contributed by atoms with E-state index in [1.165, 1.54) is 5.56 Å². The van der Waals surface area contributed by atoms with E-state index in [4.69, 9.17) is 16.2 Å². The van der Waals surface area contributed by atoms with Gasteiger partial charge in [0, 0.05) is 11.4 Å². The molecule has 21 heavy (non-hydrogen) atoms. The molecule has 4 N–H and O–H groups in total. The summed E-state index contributed by atoms with van der Waals surface area (Å²) in [6, 6.07) is 12.7. The first kappa shape index (κ1) is 14.9. The lowest BCUT2D eigenvalue weighted by Gasteiger charge is -2.08. The van der Waals surface area contributed by atoms with Gasteiger partial charge in [-0.1, -0.05) is 38.1 Å². The molecule has 0 saturated heterocycles. The van der Waals surface area contributed by atoms with Gasteiger partial charge in [0.05, 0.1) is 5.56 Å². The predicted molar refractivity (Wildman–Crippen MR) is 84.9 cm³/mol. The van der Waals surface area contributed by atoms with Crippen LogP contribution >= 0.6 is 0 Å². The maximum Gasteiger partial charge on any atom is 0.338 e. The summed E-state index contributed by atoms with van der Waals surface area (Å²) in [4.78, 5) is 12.0. The monoisotopic (exact) mass is 284 g/mol. The molecule has 0 aromatic heterocycles. The minimum atomic E-state index is -0.429. The fraction of sp³-hybridized carbons (Fsp3) is 0.235. The Morgan fingerprint density at radius 1 is 1.05 bits per heavy atom. The number of benzene rings is 2. The van der Waals surface area contributed by atoms with E-state index in [0.717, 1.165) is 5.56 Å². The summed E-state index contributed by atoms with van der Waals surface area (Å²) in [5, 5.41) is 0. The molecule has 0 spiro atoms. The minimum Gasteiger partial charge on any atom is -0.457 e. The maximum atomic E-state index is 12.0. The van der Waals surface area contributed by atoms with Crippen LogP contribution in [0.4, 0.5) is 11.4 Å². The number of rotatable bonds is 4. The summed E-state index contributed by atoms with van der Waals surface area (Å²) >= 11 is 0. The first-order valence-electron chi connectivity index (χ1n) is 6.87. The standard InChI is InChI=1S/C17H20N2O2/c1-11(2)13-5-3-12(4-6-13)10-21-17(20)14-7-15(18)9-16(19)8-14/h3-9,11H,10,18-19H2,1-2H3. The van der Waals surface area contributed by atoms with Crippen LogP contribution < -0.4 is 11.5 Å². The van der Waals surface area contributed by atoms with Crippen molar-refractivity contribution < 1.29 is 9.53 Å². The molecule has 0 bridgehead atoms. The second kappa shape index (κ2) is 6.31. The van der Waals surface area contributed by atoms with Crippen LogP contribution in [0.15, 0.2) is 42.5 Å². The van der Waals surface area contributed by atoms with Crippen LogP contribution in [0.5, 0.6) is 0 Å². The predicted octanol–water partition coefficient (Wildman–Crippen LogP) is 3.33. The number of carbonyl (C=O) groups is 1. The minimum absolute atomic E-state index is 0.228. The van der Waals surface area contributed by atoms with E-state index in [0.29, 0.717) is 22.9 Å². The second-order valence-corrected chi connectivity index (χ2v) is 5.36. The van der Waals surface area contributed by atoms with Crippen LogP contribution in [0, 0.1) is 0 Å². The van der Waals surface area contributed by atoms with Crippen molar-refractivity contribution in [2.24, 2.45) is 0 Å². The Balaban J connectivity index is 2.00. The Morgan fingerprint density at radius 3 is 2.14 bits per heavy atom. The Labute approximate surface area is 124 Å². The molecule has 0 heterocycles. The van der Waals surface area contributed by atoms with E-state index in [2.05, 4.69) is 13.8 Å². The van der Waals surface area contributed by atoms with Gasteiger partial charge >= 0.3 is 5.97 Å². The average Bonchev–Trinajstić information content (AvgIpc) is 2.44. The molecule has 4 heteroatoms. The summed E-state index contributed by atoms with van der Waals surface area (Å²) in [6.07, 6.45) is 0. The number of esters is 1. The molecule has 2 aromatic rings. The highest BCUT2D eigenvalue weighted by atomic mass is 16.5. The highest BCUT2D eigenvalue weighted by Gasteiger charge is 2.09. The highest BCUT2D eigenvalue weighted by molar-refractivity contribution is 5.91. The lowest BCUT2D eigenvalue weighted by molar-refractivity contribution is 0.0473. The molecule has 4 nitrogen and oxygen atoms in total. The van der Waals surface area contributed by atoms with Crippen molar-refractivity contribution in [2.75, 3.05) is 11.5 Å². The summed E-state index contributed by atoms with van der Waals surface area (Å²) in [7, 11) is 0. The van der Waals surface area contributed by atoms with E-state index in [9.17, 15) is 4.79 Å². The number of carbonyl (C=O) groups excluding carboxylic acids is 1. The van der Waals surface area contributed by atoms with Crippen molar-refractivity contribution >= 4 is 17.3 Å². The van der Waals surface area contributed by atoms with Gasteiger partial charge in [-0.15, -0.1) is 0 Å². The molecule has 0 radical (unpaired) electrons. The van der Waals surface area contributed by atoms with Gasteiger partial charge in [-0.3, -0.25) is 0 Å². The van der Waals surface area contributed by atoms with Gasteiger partial charge in [0.2, 0.25) is 0 Å². The third-order valence-corrected chi connectivity index (χ3v) is 3.23. The van der Waals surface area contributed by atoms with Gasteiger partial charge in [-0.05, 0) is 35.2 Å². The zero-order valence-corrected chi connectivity index (χ0v) is 12.3. The Morgan fingerprint density at radius 2 is 1.62 bits per heavy atom. The van der Waals surface area contributed by atoms with Crippen molar-refractivity contribution in [3.05, 3.63) is 59.2 Å². The molecule has 0 fully saturated rings. The quantitative estimate of drug-likeness (QED) is 0.666. The molecule has 2 rings (SSSR count). The molecule has 0 saturated carbocycles. The van der Waals surface area contributed by atoms with Crippen molar-refractivity contribution in [3.8, 4) is 0 Å². The summed E-state index contributed by atoms with van der Waals surface area (Å²) in [6.45, 7) is 4.50. The van der Waals surface area contributed by atoms with E-state index in [1.807, 2.05) is 24.3 Å². The SMILES string of the molecule is CC(C)c1ccc(COC(=O)c2cc(N)cc(N)c2)cc1. The molecular formula is C17H20N2O2. The van der Waals surface area contributed by atoms with E-state index in [1.54, 1.807) is 18.2 Å². The largest absolute Gasteiger partial charge is 0.457 e. The third kappa shape index (κ3) is 3.99. The molecule has 2 aromatic carbocycles. The van der Waals surface area contributed by atoms with E-state index < -0.39 is 5.97 Å². The van der Waals surface area contributed by atoms with E-state index >= 15 is 0 Å². The van der Waals surface area contributed by atoms with Crippen LogP contribution in [-0.4, -0.2) is 5.97 Å². The average molecular weight is 284 g/mol. The zero-order chi connectivity index (χ0) is 15.4. The first-order valence-corrected chi connectivity index (χ1v) is 6.87. The van der Waals surface area contributed by atoms with Gasteiger partial charge in [0.15, 0.2) is 0 Å². The smallest absolute Gasteiger partial charge is 0.338 e. The fourth-order valence-corrected chi connectivity index (χ4v) is 2.03. The molecule has 0 unspecified atom stereocenters. The number of ether oxygens (including phenoxy) is 1. The van der Waals surface area contributed by atoms with Gasteiger partial charge in [0.25, 0.3) is 0 Å². The highest BCUT2D eigenvalue weighted by Crippen LogP contribution is 2.17. The number of anilines is 2. The molecule has 0 aliphatic carbocycles. The van der Waals surface area contributed by atoms with Crippen LogP contribution in [0.3, 0.4) is 0 Å². The topological polar surface area (TPSA) is 78.3 Å². The zero-order valence-electron chi connectivity index (χ0n) is 12.3. The number of nitrogens with two attached hydrogens (primary N) is 2. The lowest BCUT2D eigenvalue weighted by atomic mass is 10.0. The van der Waals surface area contributed by atoms with E-state index in [-0.39, 0.29) is 6.61 Å². The first-order chi connectivity index (χ1) is 9.95. The van der Waals surface area contributed by atoms with Gasteiger partial charge < -0.3 is 16.2 Å². The van der Waals surface area contributed by atoms with Gasteiger partial charge in [0.1, 0.15) is 6.61 Å². The van der Waals surface area contributed by atoms with Crippen molar-refractivity contribution in [1.29, 1.82) is 0 Å². The van der Waals surface area contributed by atoms with Crippen molar-refractivity contribution in [1.82, 2.24) is 0 Å². The summed E-state index contributed by atoms with van der Waals surface area (Å²) in [5.41, 5.74) is 14.8. The normalized spacial score (nSPS) is 10.6. The van der Waals surface area contributed by atoms with Crippen LogP contribution in [0.2, 0.25) is 0 Å². The number of nitrogen functional groups attached to an aromatic ring is 2. The number of hydrogen-bond acceptors (Lipinski definition) is 4. The Kier molecular flexibility index (Phi) is 4.48. The Bertz CT molecular complexity index is 613. The molecule has 0 atom stereocenters. The molecule has 0 amide bonds. The maximum absolute atomic E-state index is 12.0. The van der Waals surface area contributed by atoms with Crippen LogP contribution in [0.1, 0.15) is 41.3 Å². The molecule has 0 aliphatic rings. The Hall–Kier alpha value is -2.49. The molecule has 110 valence electrons. The second-order valence-electron chi connectivity index (χ2n) is 5.36. The van der Waals surface area contributed by atoms with Crippen LogP contribution in [-0.2, 0) is 11.3 Å².